The molecule has 1 nitrogen and oxygen atoms in total. The molecule has 0 aromatic rings. The second-order valence-corrected chi connectivity index (χ2v) is 13.8. The fraction of sp³-hybridized carbons (Fsp3) is 0.963. The highest BCUT2D eigenvalue weighted by Gasteiger charge is 2.65. The quantitative estimate of drug-likeness (QED) is 0.419. The number of fused-ring (bicyclic) bond motifs is 5. The van der Waals surface area contributed by atoms with Gasteiger partial charge in [-0.05, 0) is 96.4 Å². The van der Waals surface area contributed by atoms with Crippen LogP contribution in [0.2, 0.25) is 0 Å². The van der Waals surface area contributed by atoms with Crippen LogP contribution >= 0.6 is 9.24 Å². The molecular formula is C27H47OP. The van der Waals surface area contributed by atoms with Crippen molar-refractivity contribution in [1.82, 2.24) is 0 Å². The lowest BCUT2D eigenvalue weighted by Gasteiger charge is -2.65. The molecule has 0 radical (unpaired) electrons. The molecule has 4 rings (SSSR count). The Kier molecular flexibility index (Phi) is 6.08. The molecule has 29 heavy (non-hydrogen) atoms. The van der Waals surface area contributed by atoms with Gasteiger partial charge in [0.25, 0.3) is 0 Å². The van der Waals surface area contributed by atoms with Crippen LogP contribution in [0.4, 0.5) is 0 Å². The molecule has 0 aromatic carbocycles. The molecule has 4 saturated carbocycles. The van der Waals surface area contributed by atoms with E-state index in [1.165, 1.54) is 57.8 Å². The number of Topliss-reactive ketones (excluding diaryl/α,β-unsaturated/α-hetero) is 1. The monoisotopic (exact) mass is 418 g/mol. The second-order valence-electron chi connectivity index (χ2n) is 12.7. The average Bonchev–Trinajstić information content (AvgIpc) is 3.00. The molecule has 0 amide bonds. The molecule has 166 valence electrons. The average molecular weight is 419 g/mol. The molecule has 4 aliphatic rings. The van der Waals surface area contributed by atoms with Crippen molar-refractivity contribution in [1.29, 1.82) is 0 Å². The van der Waals surface area contributed by atoms with Gasteiger partial charge in [0.15, 0.2) is 0 Å². The van der Waals surface area contributed by atoms with Crippen molar-refractivity contribution in [3.05, 3.63) is 0 Å². The van der Waals surface area contributed by atoms with Crippen LogP contribution < -0.4 is 0 Å². The predicted octanol–water partition coefficient (Wildman–Crippen LogP) is 7.67. The first-order chi connectivity index (χ1) is 13.6. The molecule has 0 heterocycles. The van der Waals surface area contributed by atoms with Gasteiger partial charge >= 0.3 is 0 Å². The van der Waals surface area contributed by atoms with Gasteiger partial charge in [0, 0.05) is 12.8 Å². The van der Waals surface area contributed by atoms with Gasteiger partial charge in [-0.1, -0.05) is 53.9 Å². The highest BCUT2D eigenvalue weighted by Crippen LogP contribution is 2.72. The molecule has 0 saturated heterocycles. The van der Waals surface area contributed by atoms with Crippen molar-refractivity contribution in [2.24, 2.45) is 46.3 Å². The van der Waals surface area contributed by atoms with E-state index in [0.29, 0.717) is 27.7 Å². The summed E-state index contributed by atoms with van der Waals surface area (Å²) in [5.74, 6) is 5.56. The van der Waals surface area contributed by atoms with Crippen LogP contribution in [0.1, 0.15) is 112 Å². The molecule has 0 bridgehead atoms. The number of carbonyl (C=O) groups excluding carboxylic acids is 1. The molecule has 2 heteroatoms. The summed E-state index contributed by atoms with van der Waals surface area (Å²) >= 11 is 0. The largest absolute Gasteiger partial charge is 0.300 e. The topological polar surface area (TPSA) is 17.1 Å². The Balaban J connectivity index is 1.53. The third-order valence-electron chi connectivity index (χ3n) is 10.9. The fourth-order valence-corrected chi connectivity index (χ4v) is 10.5. The van der Waals surface area contributed by atoms with Gasteiger partial charge in [-0.2, -0.15) is 0 Å². The van der Waals surface area contributed by atoms with Gasteiger partial charge in [-0.3, -0.25) is 4.79 Å². The highest BCUT2D eigenvalue weighted by molar-refractivity contribution is 7.19. The predicted molar refractivity (Wildman–Crippen MR) is 127 cm³/mol. The lowest BCUT2D eigenvalue weighted by molar-refractivity contribution is -0.135. The van der Waals surface area contributed by atoms with Gasteiger partial charge in [0.2, 0.25) is 0 Å². The van der Waals surface area contributed by atoms with E-state index in [9.17, 15) is 4.79 Å². The molecule has 9 unspecified atom stereocenters. The van der Waals surface area contributed by atoms with E-state index in [2.05, 4.69) is 43.9 Å². The minimum absolute atomic E-state index is 0.413. The van der Waals surface area contributed by atoms with Crippen LogP contribution in [0.15, 0.2) is 0 Å². The lowest BCUT2D eigenvalue weighted by Crippen LogP contribution is -2.61. The number of hydrogen-bond donors (Lipinski definition) is 0. The summed E-state index contributed by atoms with van der Waals surface area (Å²) in [6, 6.07) is 0. The van der Waals surface area contributed by atoms with Crippen LogP contribution in [-0.4, -0.2) is 10.9 Å². The fourth-order valence-electron chi connectivity index (χ4n) is 9.29. The van der Waals surface area contributed by atoms with Gasteiger partial charge < -0.3 is 0 Å². The maximum atomic E-state index is 12.2. The van der Waals surface area contributed by atoms with Crippen LogP contribution in [-0.2, 0) is 4.79 Å². The molecule has 9 atom stereocenters. The minimum atomic E-state index is 0.413. The van der Waals surface area contributed by atoms with Gasteiger partial charge in [-0.25, -0.2) is 0 Å². The Bertz CT molecular complexity index is 628. The Morgan fingerprint density at radius 1 is 0.931 bits per heavy atom. The van der Waals surface area contributed by atoms with Gasteiger partial charge in [0.05, 0.1) is 0 Å². The third-order valence-corrected chi connectivity index (χ3v) is 12.0. The van der Waals surface area contributed by atoms with Crippen LogP contribution in [0.25, 0.3) is 0 Å². The normalized spacial score (nSPS) is 48.2. The molecule has 0 spiro atoms. The Morgan fingerprint density at radius 3 is 2.38 bits per heavy atom. The van der Waals surface area contributed by atoms with E-state index < -0.39 is 0 Å². The Morgan fingerprint density at radius 2 is 1.66 bits per heavy atom. The Labute approximate surface area is 183 Å². The Hall–Kier alpha value is 0.100. The van der Waals surface area contributed by atoms with Gasteiger partial charge in [-0.15, -0.1) is 9.24 Å². The SMILES string of the molecule is CC(C)CCCC(C)C1CCC2C1(C)CCC1C3(C)CCC(=O)CC3CCC12P. The number of hydrogen-bond acceptors (Lipinski definition) is 1. The molecule has 4 aliphatic carbocycles. The summed E-state index contributed by atoms with van der Waals surface area (Å²) in [4.78, 5) is 12.2. The van der Waals surface area contributed by atoms with Crippen molar-refractivity contribution in [3.63, 3.8) is 0 Å². The number of ketones is 1. The first-order valence-electron chi connectivity index (χ1n) is 12.9. The standard InChI is InChI=1S/C27H47OP/c1-18(2)7-6-8-19(3)22-9-10-23-26(22,5)15-13-24-25(4)14-12-21(28)17-20(25)11-16-27(23,24)29/h18-20,22-24H,6-17,29H2,1-5H3. The van der Waals surface area contributed by atoms with Crippen LogP contribution in [0.3, 0.4) is 0 Å². The maximum Gasteiger partial charge on any atom is 0.133 e. The van der Waals surface area contributed by atoms with E-state index >= 15 is 0 Å². The van der Waals surface area contributed by atoms with Gasteiger partial charge in [0.1, 0.15) is 5.78 Å². The minimum Gasteiger partial charge on any atom is -0.300 e. The molecule has 4 fully saturated rings. The maximum absolute atomic E-state index is 12.2. The summed E-state index contributed by atoms with van der Waals surface area (Å²) in [5.41, 5.74) is 0.958. The van der Waals surface area contributed by atoms with E-state index in [1.807, 2.05) is 0 Å². The molecular weight excluding hydrogens is 371 g/mol. The number of rotatable bonds is 5. The van der Waals surface area contributed by atoms with Crippen molar-refractivity contribution in [2.45, 2.75) is 117 Å². The summed E-state index contributed by atoms with van der Waals surface area (Å²) in [6.07, 6.45) is 15.5. The van der Waals surface area contributed by atoms with Crippen molar-refractivity contribution >= 4 is 15.0 Å². The van der Waals surface area contributed by atoms with E-state index in [1.54, 1.807) is 0 Å². The molecule has 0 aromatic heterocycles. The smallest absolute Gasteiger partial charge is 0.133 e. The van der Waals surface area contributed by atoms with E-state index in [4.69, 9.17) is 0 Å². The van der Waals surface area contributed by atoms with Crippen molar-refractivity contribution in [3.8, 4) is 0 Å². The second kappa shape index (κ2) is 7.90. The lowest BCUT2D eigenvalue weighted by atomic mass is 9.44. The molecule has 0 N–H and O–H groups in total. The summed E-state index contributed by atoms with van der Waals surface area (Å²) < 4.78 is 0. The van der Waals surface area contributed by atoms with Crippen molar-refractivity contribution in [2.75, 3.05) is 0 Å². The van der Waals surface area contributed by atoms with E-state index in [-0.39, 0.29) is 0 Å². The van der Waals surface area contributed by atoms with E-state index in [0.717, 1.165) is 48.9 Å². The van der Waals surface area contributed by atoms with Crippen LogP contribution in [0, 0.1) is 46.3 Å². The third kappa shape index (κ3) is 3.58. The van der Waals surface area contributed by atoms with Crippen LogP contribution in [0.5, 0.6) is 0 Å². The number of carbonyl (C=O) groups is 1. The zero-order valence-corrected chi connectivity index (χ0v) is 21.1. The summed E-state index contributed by atoms with van der Waals surface area (Å²) in [7, 11) is 3.49. The van der Waals surface area contributed by atoms with Crippen molar-refractivity contribution < 1.29 is 4.79 Å². The zero-order valence-electron chi connectivity index (χ0n) is 19.9. The summed E-state index contributed by atoms with van der Waals surface area (Å²) in [6.45, 7) is 12.6. The summed E-state index contributed by atoms with van der Waals surface area (Å²) in [5, 5.41) is 0.436. The first-order valence-corrected chi connectivity index (χ1v) is 13.5. The molecule has 0 aliphatic heterocycles. The zero-order chi connectivity index (χ0) is 21.0. The highest BCUT2D eigenvalue weighted by atomic mass is 31.0. The first kappa shape index (κ1) is 22.3.